The second kappa shape index (κ2) is 4.31. The van der Waals surface area contributed by atoms with Crippen molar-refractivity contribution in [3.05, 3.63) is 59.4 Å². The summed E-state index contributed by atoms with van der Waals surface area (Å²) >= 11 is 0. The van der Waals surface area contributed by atoms with Crippen LogP contribution >= 0.6 is 0 Å². The second-order valence-corrected chi connectivity index (χ2v) is 5.12. The molecule has 21 heavy (non-hydrogen) atoms. The summed E-state index contributed by atoms with van der Waals surface area (Å²) in [5, 5.41) is 3.92. The predicted octanol–water partition coefficient (Wildman–Crippen LogP) is 3.36. The number of nitrogens with one attached hydrogen (secondary N) is 2. The number of benzene rings is 1. The second-order valence-electron chi connectivity index (χ2n) is 5.12. The fourth-order valence-corrected chi connectivity index (χ4v) is 2.79. The van der Waals surface area contributed by atoms with E-state index in [9.17, 15) is 4.79 Å². The molecule has 0 unspecified atom stereocenters. The quantitative estimate of drug-likeness (QED) is 0.669. The molecule has 1 aliphatic heterocycles. The number of aromatic nitrogens is 2. The van der Waals surface area contributed by atoms with Crippen LogP contribution in [0.2, 0.25) is 0 Å². The molecule has 102 valence electrons. The number of amides is 1. The number of fused-ring (bicyclic) bond motifs is 2. The minimum Gasteiger partial charge on any atom is -0.358 e. The van der Waals surface area contributed by atoms with Crippen molar-refractivity contribution in [3.63, 3.8) is 0 Å². The lowest BCUT2D eigenvalue weighted by Gasteiger charge is -1.98. The normalized spacial score (nSPS) is 15.5. The first-order valence-electron chi connectivity index (χ1n) is 6.80. The lowest BCUT2D eigenvalue weighted by molar-refractivity contribution is -0.110. The maximum Gasteiger partial charge on any atom is 0.257 e. The number of hydrogen-bond donors (Lipinski definition) is 2. The summed E-state index contributed by atoms with van der Waals surface area (Å²) in [6.45, 7) is 2.02. The number of para-hydroxylation sites is 1. The Morgan fingerprint density at radius 2 is 2.00 bits per heavy atom. The van der Waals surface area contributed by atoms with Crippen LogP contribution in [0.3, 0.4) is 0 Å². The average Bonchev–Trinajstić information content (AvgIpc) is 2.97. The number of carbonyl (C=O) groups is 1. The summed E-state index contributed by atoms with van der Waals surface area (Å²) in [6, 6.07) is 11.8. The van der Waals surface area contributed by atoms with Gasteiger partial charge in [-0.1, -0.05) is 18.2 Å². The molecule has 0 spiro atoms. The van der Waals surface area contributed by atoms with Crippen LogP contribution in [0.15, 0.2) is 42.6 Å². The zero-order chi connectivity index (χ0) is 14.4. The van der Waals surface area contributed by atoms with Gasteiger partial charge in [0, 0.05) is 33.9 Å². The number of aromatic amines is 1. The molecule has 0 aliphatic carbocycles. The zero-order valence-electron chi connectivity index (χ0n) is 11.5. The highest BCUT2D eigenvalue weighted by molar-refractivity contribution is 6.34. The number of hydrogen-bond acceptors (Lipinski definition) is 2. The van der Waals surface area contributed by atoms with Crippen LogP contribution < -0.4 is 5.32 Å². The first-order chi connectivity index (χ1) is 10.2. The third-order valence-electron chi connectivity index (χ3n) is 3.81. The van der Waals surface area contributed by atoms with E-state index in [-0.39, 0.29) is 5.91 Å². The Bertz CT molecular complexity index is 905. The van der Waals surface area contributed by atoms with Crippen molar-refractivity contribution < 1.29 is 4.79 Å². The molecule has 3 aromatic rings. The third-order valence-corrected chi connectivity index (χ3v) is 3.81. The molecule has 3 heterocycles. The molecular weight excluding hydrogens is 262 g/mol. The molecular formula is C17H13N3O. The number of carbonyl (C=O) groups excluding carboxylic acids is 1. The van der Waals surface area contributed by atoms with E-state index in [1.165, 1.54) is 0 Å². The maximum absolute atomic E-state index is 12.2. The Balaban J connectivity index is 1.95. The van der Waals surface area contributed by atoms with Crippen molar-refractivity contribution in [2.45, 2.75) is 6.92 Å². The molecule has 4 heteroatoms. The third kappa shape index (κ3) is 1.76. The highest BCUT2D eigenvalue weighted by atomic mass is 16.2. The van der Waals surface area contributed by atoms with Gasteiger partial charge in [0.1, 0.15) is 5.82 Å². The molecule has 0 atom stereocenters. The van der Waals surface area contributed by atoms with Crippen molar-refractivity contribution in [1.29, 1.82) is 0 Å². The van der Waals surface area contributed by atoms with Crippen LogP contribution in [0.4, 0.5) is 5.82 Å². The highest BCUT2D eigenvalue weighted by Gasteiger charge is 2.25. The smallest absolute Gasteiger partial charge is 0.257 e. The molecule has 0 fully saturated rings. The molecule has 2 N–H and O–H groups in total. The number of pyridine rings is 1. The Kier molecular flexibility index (Phi) is 2.44. The van der Waals surface area contributed by atoms with Gasteiger partial charge < -0.3 is 10.3 Å². The largest absolute Gasteiger partial charge is 0.358 e. The molecule has 0 radical (unpaired) electrons. The molecule has 1 amide bonds. The number of H-pyrrole nitrogens is 1. The van der Waals surface area contributed by atoms with Crippen molar-refractivity contribution in [2.24, 2.45) is 0 Å². The SMILES string of the molecule is Cc1[nH]c2ccccc2c1C=C1C(=O)Nc2ncccc21. The van der Waals surface area contributed by atoms with Gasteiger partial charge in [-0.2, -0.15) is 0 Å². The molecule has 1 aliphatic rings. The number of rotatable bonds is 1. The van der Waals surface area contributed by atoms with Gasteiger partial charge in [-0.25, -0.2) is 4.98 Å². The summed E-state index contributed by atoms with van der Waals surface area (Å²) in [4.78, 5) is 19.7. The molecule has 0 saturated heterocycles. The summed E-state index contributed by atoms with van der Waals surface area (Å²) in [6.07, 6.45) is 3.62. The van der Waals surface area contributed by atoms with Crippen molar-refractivity contribution in [2.75, 3.05) is 5.32 Å². The number of aryl methyl sites for hydroxylation is 1. The Hall–Kier alpha value is -2.88. The molecule has 2 aromatic heterocycles. The molecule has 4 nitrogen and oxygen atoms in total. The van der Waals surface area contributed by atoms with Crippen molar-refractivity contribution in [3.8, 4) is 0 Å². The summed E-state index contributed by atoms with van der Waals surface area (Å²) in [7, 11) is 0. The highest BCUT2D eigenvalue weighted by Crippen LogP contribution is 2.33. The minimum atomic E-state index is -0.103. The van der Waals surface area contributed by atoms with E-state index in [0.29, 0.717) is 11.4 Å². The lowest BCUT2D eigenvalue weighted by Crippen LogP contribution is -2.04. The molecule has 1 aromatic carbocycles. The van der Waals surface area contributed by atoms with Crippen LogP contribution in [0.25, 0.3) is 22.6 Å². The van der Waals surface area contributed by atoms with Gasteiger partial charge in [0.25, 0.3) is 5.91 Å². The first-order valence-corrected chi connectivity index (χ1v) is 6.80. The van der Waals surface area contributed by atoms with E-state index in [4.69, 9.17) is 0 Å². The minimum absolute atomic E-state index is 0.103. The van der Waals surface area contributed by atoms with E-state index < -0.39 is 0 Å². The van der Waals surface area contributed by atoms with Gasteiger partial charge >= 0.3 is 0 Å². The molecule has 0 bridgehead atoms. The number of anilines is 1. The summed E-state index contributed by atoms with van der Waals surface area (Å²) in [5.41, 5.74) is 4.69. The van der Waals surface area contributed by atoms with Gasteiger partial charge in [-0.3, -0.25) is 4.79 Å². The van der Waals surface area contributed by atoms with Crippen LogP contribution in [-0.2, 0) is 4.79 Å². The van der Waals surface area contributed by atoms with Crippen LogP contribution in [0.1, 0.15) is 16.8 Å². The van der Waals surface area contributed by atoms with Gasteiger partial charge in [-0.05, 0) is 31.2 Å². The van der Waals surface area contributed by atoms with Crippen LogP contribution in [-0.4, -0.2) is 15.9 Å². The van der Waals surface area contributed by atoms with Crippen molar-refractivity contribution in [1.82, 2.24) is 9.97 Å². The fraction of sp³-hybridized carbons (Fsp3) is 0.0588. The van der Waals surface area contributed by atoms with E-state index in [0.717, 1.165) is 27.7 Å². The number of nitrogens with zero attached hydrogens (tertiary/aromatic N) is 1. The van der Waals surface area contributed by atoms with Gasteiger partial charge in [0.15, 0.2) is 0 Å². The fourth-order valence-electron chi connectivity index (χ4n) is 2.79. The molecule has 4 rings (SSSR count). The van der Waals surface area contributed by atoms with Gasteiger partial charge in [-0.15, -0.1) is 0 Å². The monoisotopic (exact) mass is 275 g/mol. The first kappa shape index (κ1) is 11.9. The average molecular weight is 275 g/mol. The van der Waals surface area contributed by atoms with E-state index in [1.807, 2.05) is 43.3 Å². The Morgan fingerprint density at radius 1 is 1.14 bits per heavy atom. The van der Waals surface area contributed by atoms with Crippen molar-refractivity contribution >= 4 is 34.3 Å². The molecule has 0 saturated carbocycles. The van der Waals surface area contributed by atoms with E-state index in [2.05, 4.69) is 21.4 Å². The van der Waals surface area contributed by atoms with Gasteiger partial charge in [0.05, 0.1) is 5.57 Å². The topological polar surface area (TPSA) is 57.8 Å². The van der Waals surface area contributed by atoms with Crippen LogP contribution in [0.5, 0.6) is 0 Å². The standard InChI is InChI=1S/C17H13N3O/c1-10-13(11-5-2-3-7-15(11)19-10)9-14-12-6-4-8-18-16(12)20-17(14)21/h2-9,19H,1H3,(H,18,20,21). The van der Waals surface area contributed by atoms with E-state index in [1.54, 1.807) is 6.20 Å². The Labute approximate surface area is 121 Å². The Morgan fingerprint density at radius 3 is 2.90 bits per heavy atom. The maximum atomic E-state index is 12.2. The van der Waals surface area contributed by atoms with E-state index >= 15 is 0 Å². The van der Waals surface area contributed by atoms with Crippen LogP contribution in [0, 0.1) is 6.92 Å². The summed E-state index contributed by atoms with van der Waals surface area (Å²) < 4.78 is 0. The predicted molar refractivity (Wildman–Crippen MR) is 83.8 cm³/mol. The van der Waals surface area contributed by atoms with Gasteiger partial charge in [0.2, 0.25) is 0 Å². The summed E-state index contributed by atoms with van der Waals surface area (Å²) in [5.74, 6) is 0.527. The lowest BCUT2D eigenvalue weighted by atomic mass is 10.0. The zero-order valence-corrected chi connectivity index (χ0v) is 11.5.